The highest BCUT2D eigenvalue weighted by molar-refractivity contribution is 7.09. The smallest absolute Gasteiger partial charge is 0.230 e. The normalized spacial score (nSPS) is 11.2. The van der Waals surface area contributed by atoms with Crippen LogP contribution in [0.4, 0.5) is 0 Å². The quantitative estimate of drug-likeness (QED) is 0.786. The Balaban J connectivity index is 1.84. The van der Waals surface area contributed by atoms with Crippen LogP contribution < -0.4 is 0 Å². The number of hydrogen-bond donors (Lipinski definition) is 0. The summed E-state index contributed by atoms with van der Waals surface area (Å²) in [6.45, 7) is 6.58. The van der Waals surface area contributed by atoms with Gasteiger partial charge in [0.1, 0.15) is 0 Å². The summed E-state index contributed by atoms with van der Waals surface area (Å²) in [4.78, 5) is 6.55. The molecule has 0 spiro atoms. The number of rotatable bonds is 6. The van der Waals surface area contributed by atoms with Crippen LogP contribution in [0.15, 0.2) is 16.0 Å². The predicted molar refractivity (Wildman–Crippen MR) is 65.8 cm³/mol. The maximum atomic E-state index is 5.38. The third kappa shape index (κ3) is 3.61. The molecule has 2 rings (SSSR count). The fraction of sp³-hybridized carbons (Fsp3) is 0.545. The SMILES string of the molecule is CCN(CCc1nccs1)Cc1nnc(C)o1. The van der Waals surface area contributed by atoms with E-state index in [1.807, 2.05) is 18.5 Å². The molecule has 0 fully saturated rings. The van der Waals surface area contributed by atoms with Gasteiger partial charge in [0, 0.05) is 31.5 Å². The molecule has 0 amide bonds. The maximum absolute atomic E-state index is 5.38. The minimum Gasteiger partial charge on any atom is -0.424 e. The van der Waals surface area contributed by atoms with Crippen LogP contribution in [0, 0.1) is 6.92 Å². The van der Waals surface area contributed by atoms with E-state index in [4.69, 9.17) is 4.42 Å². The predicted octanol–water partition coefficient (Wildman–Crippen LogP) is 1.90. The van der Waals surface area contributed by atoms with Crippen LogP contribution in [-0.2, 0) is 13.0 Å². The lowest BCUT2D eigenvalue weighted by Gasteiger charge is -2.17. The molecule has 2 aromatic heterocycles. The van der Waals surface area contributed by atoms with E-state index in [-0.39, 0.29) is 0 Å². The van der Waals surface area contributed by atoms with Crippen LogP contribution >= 0.6 is 11.3 Å². The van der Waals surface area contributed by atoms with E-state index in [0.29, 0.717) is 18.3 Å². The van der Waals surface area contributed by atoms with E-state index in [1.165, 1.54) is 5.01 Å². The largest absolute Gasteiger partial charge is 0.424 e. The summed E-state index contributed by atoms with van der Waals surface area (Å²) in [5.74, 6) is 1.31. The Labute approximate surface area is 105 Å². The van der Waals surface area contributed by atoms with Crippen LogP contribution in [0.5, 0.6) is 0 Å². The lowest BCUT2D eigenvalue weighted by molar-refractivity contribution is 0.251. The van der Waals surface area contributed by atoms with Crippen molar-refractivity contribution in [3.63, 3.8) is 0 Å². The number of likely N-dealkylation sites (N-methyl/N-ethyl adjacent to an activating group) is 1. The molecule has 0 aliphatic heterocycles. The molecule has 0 radical (unpaired) electrons. The van der Waals surface area contributed by atoms with Crippen molar-refractivity contribution in [2.24, 2.45) is 0 Å². The zero-order chi connectivity index (χ0) is 12.1. The zero-order valence-electron chi connectivity index (χ0n) is 10.1. The van der Waals surface area contributed by atoms with Gasteiger partial charge in [-0.2, -0.15) is 0 Å². The molecule has 0 aliphatic carbocycles. The van der Waals surface area contributed by atoms with Crippen molar-refractivity contribution in [1.82, 2.24) is 20.1 Å². The van der Waals surface area contributed by atoms with Gasteiger partial charge in [-0.25, -0.2) is 4.98 Å². The summed E-state index contributed by atoms with van der Waals surface area (Å²) in [6, 6.07) is 0. The van der Waals surface area contributed by atoms with E-state index in [2.05, 4.69) is 27.0 Å². The fourth-order valence-corrected chi connectivity index (χ4v) is 2.18. The van der Waals surface area contributed by atoms with E-state index in [9.17, 15) is 0 Å². The van der Waals surface area contributed by atoms with Crippen LogP contribution in [0.3, 0.4) is 0 Å². The minimum absolute atomic E-state index is 0.621. The number of aryl methyl sites for hydroxylation is 1. The second-order valence-corrected chi connectivity index (χ2v) is 4.74. The van der Waals surface area contributed by atoms with Gasteiger partial charge in [0.25, 0.3) is 0 Å². The zero-order valence-corrected chi connectivity index (χ0v) is 10.9. The lowest BCUT2D eigenvalue weighted by atomic mass is 10.4. The Kier molecular flexibility index (Phi) is 4.22. The average molecular weight is 252 g/mol. The molecule has 0 unspecified atom stereocenters. The number of aromatic nitrogens is 3. The van der Waals surface area contributed by atoms with Gasteiger partial charge in [-0.05, 0) is 6.54 Å². The maximum Gasteiger partial charge on any atom is 0.230 e. The van der Waals surface area contributed by atoms with Crippen LogP contribution in [0.1, 0.15) is 23.7 Å². The molecule has 0 atom stereocenters. The first-order chi connectivity index (χ1) is 8.28. The van der Waals surface area contributed by atoms with Gasteiger partial charge in [0.15, 0.2) is 0 Å². The first-order valence-corrected chi connectivity index (χ1v) is 6.55. The van der Waals surface area contributed by atoms with E-state index < -0.39 is 0 Å². The van der Waals surface area contributed by atoms with Gasteiger partial charge < -0.3 is 4.42 Å². The molecular formula is C11H16N4OS. The number of hydrogen-bond acceptors (Lipinski definition) is 6. The summed E-state index contributed by atoms with van der Waals surface area (Å²) < 4.78 is 5.38. The molecule has 92 valence electrons. The van der Waals surface area contributed by atoms with Crippen molar-refractivity contribution >= 4 is 11.3 Å². The Morgan fingerprint density at radius 1 is 1.41 bits per heavy atom. The van der Waals surface area contributed by atoms with E-state index in [1.54, 1.807) is 11.3 Å². The van der Waals surface area contributed by atoms with Gasteiger partial charge in [-0.1, -0.05) is 6.92 Å². The van der Waals surface area contributed by atoms with Crippen molar-refractivity contribution < 1.29 is 4.42 Å². The number of thiazole rings is 1. The first-order valence-electron chi connectivity index (χ1n) is 5.67. The van der Waals surface area contributed by atoms with Crippen molar-refractivity contribution in [2.75, 3.05) is 13.1 Å². The average Bonchev–Trinajstić information content (AvgIpc) is 2.96. The monoisotopic (exact) mass is 252 g/mol. The standard InChI is InChI=1S/C11H16N4OS/c1-3-15(6-4-11-12-5-7-17-11)8-10-14-13-9(2)16-10/h5,7H,3-4,6,8H2,1-2H3. The second kappa shape index (κ2) is 5.88. The first kappa shape index (κ1) is 12.2. The van der Waals surface area contributed by atoms with Gasteiger partial charge >= 0.3 is 0 Å². The van der Waals surface area contributed by atoms with E-state index in [0.717, 1.165) is 19.5 Å². The van der Waals surface area contributed by atoms with Crippen LogP contribution in [0.2, 0.25) is 0 Å². The fourth-order valence-electron chi connectivity index (χ4n) is 1.57. The topological polar surface area (TPSA) is 55.1 Å². The summed E-state index contributed by atoms with van der Waals surface area (Å²) in [5.41, 5.74) is 0. The highest BCUT2D eigenvalue weighted by Gasteiger charge is 2.09. The van der Waals surface area contributed by atoms with Crippen LogP contribution in [0.25, 0.3) is 0 Å². The van der Waals surface area contributed by atoms with E-state index >= 15 is 0 Å². The molecule has 0 saturated heterocycles. The van der Waals surface area contributed by atoms with Gasteiger partial charge in [-0.3, -0.25) is 4.90 Å². The van der Waals surface area contributed by atoms with Crippen molar-refractivity contribution in [3.05, 3.63) is 28.4 Å². The summed E-state index contributed by atoms with van der Waals surface area (Å²) in [5, 5.41) is 11.0. The highest BCUT2D eigenvalue weighted by atomic mass is 32.1. The van der Waals surface area contributed by atoms with Gasteiger partial charge in [0.05, 0.1) is 11.6 Å². The third-order valence-electron chi connectivity index (χ3n) is 2.50. The summed E-state index contributed by atoms with van der Waals surface area (Å²) in [7, 11) is 0. The van der Waals surface area contributed by atoms with Crippen molar-refractivity contribution in [2.45, 2.75) is 26.8 Å². The molecule has 5 nitrogen and oxygen atoms in total. The molecule has 17 heavy (non-hydrogen) atoms. The summed E-state index contributed by atoms with van der Waals surface area (Å²) in [6.07, 6.45) is 2.82. The summed E-state index contributed by atoms with van der Waals surface area (Å²) >= 11 is 1.70. The molecule has 0 aliphatic rings. The third-order valence-corrected chi connectivity index (χ3v) is 3.34. The van der Waals surface area contributed by atoms with Crippen molar-refractivity contribution in [1.29, 1.82) is 0 Å². The molecule has 6 heteroatoms. The molecule has 2 heterocycles. The van der Waals surface area contributed by atoms with Gasteiger partial charge in [0.2, 0.25) is 11.8 Å². The Hall–Kier alpha value is -1.27. The second-order valence-electron chi connectivity index (χ2n) is 3.76. The molecular weight excluding hydrogens is 236 g/mol. The molecule has 0 saturated carbocycles. The molecule has 0 N–H and O–H groups in total. The molecule has 0 bridgehead atoms. The molecule has 0 aromatic carbocycles. The Bertz CT molecular complexity index is 440. The Morgan fingerprint density at radius 2 is 2.29 bits per heavy atom. The van der Waals surface area contributed by atoms with Crippen molar-refractivity contribution in [3.8, 4) is 0 Å². The molecule has 2 aromatic rings. The van der Waals surface area contributed by atoms with Gasteiger partial charge in [-0.15, -0.1) is 21.5 Å². The minimum atomic E-state index is 0.621. The number of nitrogens with zero attached hydrogens (tertiary/aromatic N) is 4. The van der Waals surface area contributed by atoms with Crippen LogP contribution in [-0.4, -0.2) is 33.2 Å². The lowest BCUT2D eigenvalue weighted by Crippen LogP contribution is -2.25. The Morgan fingerprint density at radius 3 is 2.88 bits per heavy atom. The highest BCUT2D eigenvalue weighted by Crippen LogP contribution is 2.08.